The van der Waals surface area contributed by atoms with E-state index in [1.807, 2.05) is 24.3 Å². The SMILES string of the molecule is COCc1ccc(C(=O)N2CCC[C@@H]2[C@@](C)(O)c2ccc(OC)cc2)o1. The van der Waals surface area contributed by atoms with E-state index in [0.29, 0.717) is 18.9 Å². The van der Waals surface area contributed by atoms with Crippen molar-refractivity contribution in [2.24, 2.45) is 0 Å². The van der Waals surface area contributed by atoms with Gasteiger partial charge in [-0.1, -0.05) is 12.1 Å². The number of carbonyl (C=O) groups excluding carboxylic acids is 1. The van der Waals surface area contributed by atoms with E-state index in [4.69, 9.17) is 13.9 Å². The summed E-state index contributed by atoms with van der Waals surface area (Å²) < 4.78 is 15.8. The van der Waals surface area contributed by atoms with Crippen molar-refractivity contribution in [2.45, 2.75) is 38.0 Å². The molecular formula is C20H25NO5. The summed E-state index contributed by atoms with van der Waals surface area (Å²) >= 11 is 0. The second-order valence-electron chi connectivity index (χ2n) is 6.73. The maximum Gasteiger partial charge on any atom is 0.289 e. The molecule has 2 atom stereocenters. The van der Waals surface area contributed by atoms with Crippen molar-refractivity contribution in [1.82, 2.24) is 4.90 Å². The molecule has 1 aromatic carbocycles. The van der Waals surface area contributed by atoms with Gasteiger partial charge in [0.1, 0.15) is 23.7 Å². The molecule has 1 saturated heterocycles. The Balaban J connectivity index is 1.82. The fraction of sp³-hybridized carbons (Fsp3) is 0.450. The number of benzene rings is 1. The van der Waals surface area contributed by atoms with E-state index in [1.54, 1.807) is 38.2 Å². The second-order valence-corrected chi connectivity index (χ2v) is 6.73. The summed E-state index contributed by atoms with van der Waals surface area (Å²) in [4.78, 5) is 14.6. The van der Waals surface area contributed by atoms with E-state index in [-0.39, 0.29) is 17.7 Å². The van der Waals surface area contributed by atoms with E-state index < -0.39 is 5.60 Å². The van der Waals surface area contributed by atoms with E-state index in [0.717, 1.165) is 24.2 Å². The first-order valence-electron chi connectivity index (χ1n) is 8.73. The lowest BCUT2D eigenvalue weighted by atomic mass is 9.86. The number of carbonyl (C=O) groups is 1. The highest BCUT2D eigenvalue weighted by molar-refractivity contribution is 5.92. The lowest BCUT2D eigenvalue weighted by molar-refractivity contribution is -0.0186. The second kappa shape index (κ2) is 7.51. The lowest BCUT2D eigenvalue weighted by Crippen LogP contribution is -2.48. The summed E-state index contributed by atoms with van der Waals surface area (Å²) in [5.74, 6) is 1.40. The van der Waals surface area contributed by atoms with Crippen LogP contribution in [-0.4, -0.2) is 42.7 Å². The largest absolute Gasteiger partial charge is 0.497 e. The maximum atomic E-state index is 12.9. The molecule has 26 heavy (non-hydrogen) atoms. The van der Waals surface area contributed by atoms with Crippen LogP contribution in [0, 0.1) is 0 Å². The molecule has 6 nitrogen and oxygen atoms in total. The van der Waals surface area contributed by atoms with Crippen molar-refractivity contribution < 1.29 is 23.8 Å². The molecule has 2 heterocycles. The van der Waals surface area contributed by atoms with Crippen molar-refractivity contribution in [3.63, 3.8) is 0 Å². The van der Waals surface area contributed by atoms with Crippen LogP contribution in [0.5, 0.6) is 5.75 Å². The van der Waals surface area contributed by atoms with E-state index in [2.05, 4.69) is 0 Å². The number of aliphatic hydroxyl groups is 1. The molecule has 0 spiro atoms. The van der Waals surface area contributed by atoms with Gasteiger partial charge in [-0.2, -0.15) is 0 Å². The van der Waals surface area contributed by atoms with Gasteiger partial charge in [0.15, 0.2) is 5.76 Å². The Hall–Kier alpha value is -2.31. The minimum atomic E-state index is -1.17. The topological polar surface area (TPSA) is 72.1 Å². The summed E-state index contributed by atoms with van der Waals surface area (Å²) in [6, 6.07) is 10.4. The first-order chi connectivity index (χ1) is 12.5. The Labute approximate surface area is 153 Å². The molecule has 2 aromatic rings. The first-order valence-corrected chi connectivity index (χ1v) is 8.73. The van der Waals surface area contributed by atoms with Gasteiger partial charge in [0, 0.05) is 13.7 Å². The normalized spacial score (nSPS) is 19.4. The molecule has 0 aliphatic carbocycles. The Kier molecular flexibility index (Phi) is 5.34. The molecule has 0 saturated carbocycles. The standard InChI is InChI=1S/C20H25NO5/c1-20(23,14-6-8-15(25-3)9-7-14)18-5-4-12-21(18)19(22)17-11-10-16(26-17)13-24-2/h6-11,18,23H,4-5,12-13H2,1-3H3/t18-,20+/m1/s1. The molecule has 1 aromatic heterocycles. The Morgan fingerprint density at radius 1 is 1.27 bits per heavy atom. The number of hydrogen-bond donors (Lipinski definition) is 1. The number of likely N-dealkylation sites (tertiary alicyclic amines) is 1. The molecule has 1 fully saturated rings. The van der Waals surface area contributed by atoms with E-state index >= 15 is 0 Å². The van der Waals surface area contributed by atoms with Crippen LogP contribution in [0.4, 0.5) is 0 Å². The van der Waals surface area contributed by atoms with Gasteiger partial charge in [0.05, 0.1) is 13.2 Å². The zero-order valence-electron chi connectivity index (χ0n) is 15.4. The van der Waals surface area contributed by atoms with Gasteiger partial charge in [-0.25, -0.2) is 0 Å². The van der Waals surface area contributed by atoms with Gasteiger partial charge in [-0.05, 0) is 49.6 Å². The smallest absolute Gasteiger partial charge is 0.289 e. The minimum Gasteiger partial charge on any atom is -0.497 e. The zero-order chi connectivity index (χ0) is 18.7. The summed E-state index contributed by atoms with van der Waals surface area (Å²) in [6.45, 7) is 2.67. The quantitative estimate of drug-likeness (QED) is 0.858. The first kappa shape index (κ1) is 18.5. The van der Waals surface area contributed by atoms with Gasteiger partial charge < -0.3 is 23.9 Å². The lowest BCUT2D eigenvalue weighted by Gasteiger charge is -2.36. The summed E-state index contributed by atoms with van der Waals surface area (Å²) in [6.07, 6.45) is 1.57. The third kappa shape index (κ3) is 3.48. The van der Waals surface area contributed by atoms with Crippen molar-refractivity contribution in [1.29, 1.82) is 0 Å². The summed E-state index contributed by atoms with van der Waals surface area (Å²) in [5.41, 5.74) is -0.414. The third-order valence-corrected chi connectivity index (χ3v) is 5.00. The molecule has 1 aliphatic heterocycles. The molecule has 0 radical (unpaired) electrons. The number of nitrogens with zero attached hydrogens (tertiary/aromatic N) is 1. The van der Waals surface area contributed by atoms with E-state index in [9.17, 15) is 9.90 Å². The van der Waals surface area contributed by atoms with Crippen LogP contribution in [0.2, 0.25) is 0 Å². The number of amides is 1. The Morgan fingerprint density at radius 2 is 2.00 bits per heavy atom. The molecular weight excluding hydrogens is 334 g/mol. The Morgan fingerprint density at radius 3 is 2.65 bits per heavy atom. The molecule has 140 valence electrons. The van der Waals surface area contributed by atoms with Crippen molar-refractivity contribution in [3.05, 3.63) is 53.5 Å². The van der Waals surface area contributed by atoms with Gasteiger partial charge in [0.2, 0.25) is 0 Å². The van der Waals surface area contributed by atoms with Gasteiger partial charge in [0.25, 0.3) is 5.91 Å². The number of hydrogen-bond acceptors (Lipinski definition) is 5. The number of rotatable bonds is 6. The van der Waals surface area contributed by atoms with Crippen molar-refractivity contribution in [3.8, 4) is 5.75 Å². The third-order valence-electron chi connectivity index (χ3n) is 5.00. The molecule has 3 rings (SSSR count). The monoisotopic (exact) mass is 359 g/mol. The van der Waals surface area contributed by atoms with Gasteiger partial charge in [-0.15, -0.1) is 0 Å². The van der Waals surface area contributed by atoms with E-state index in [1.165, 1.54) is 0 Å². The van der Waals surface area contributed by atoms with Crippen molar-refractivity contribution >= 4 is 5.91 Å². The average molecular weight is 359 g/mol. The zero-order valence-corrected chi connectivity index (χ0v) is 15.4. The number of ether oxygens (including phenoxy) is 2. The number of furan rings is 1. The molecule has 6 heteroatoms. The van der Waals surface area contributed by atoms with Crippen LogP contribution in [-0.2, 0) is 16.9 Å². The maximum absolute atomic E-state index is 12.9. The highest BCUT2D eigenvalue weighted by Gasteiger charge is 2.43. The fourth-order valence-corrected chi connectivity index (χ4v) is 3.57. The van der Waals surface area contributed by atoms with Crippen LogP contribution in [0.3, 0.4) is 0 Å². The summed E-state index contributed by atoms with van der Waals surface area (Å²) in [5, 5.41) is 11.2. The van der Waals surface area contributed by atoms with Crippen LogP contribution in [0.1, 0.15) is 41.6 Å². The predicted molar refractivity (Wildman–Crippen MR) is 96.0 cm³/mol. The van der Waals surface area contributed by atoms with Crippen LogP contribution in [0.25, 0.3) is 0 Å². The highest BCUT2D eigenvalue weighted by atomic mass is 16.5. The fourth-order valence-electron chi connectivity index (χ4n) is 3.57. The molecule has 0 unspecified atom stereocenters. The van der Waals surface area contributed by atoms with Crippen molar-refractivity contribution in [2.75, 3.05) is 20.8 Å². The average Bonchev–Trinajstić information content (AvgIpc) is 3.31. The van der Waals surface area contributed by atoms with Gasteiger partial charge in [-0.3, -0.25) is 4.79 Å². The minimum absolute atomic E-state index is 0.205. The van der Waals surface area contributed by atoms with Gasteiger partial charge >= 0.3 is 0 Å². The van der Waals surface area contributed by atoms with Crippen LogP contribution in [0.15, 0.2) is 40.8 Å². The van der Waals surface area contributed by atoms with Crippen LogP contribution < -0.4 is 4.74 Å². The van der Waals surface area contributed by atoms with Crippen LogP contribution >= 0.6 is 0 Å². The Bertz CT molecular complexity index is 750. The highest BCUT2D eigenvalue weighted by Crippen LogP contribution is 2.36. The number of methoxy groups -OCH3 is 2. The summed E-state index contributed by atoms with van der Waals surface area (Å²) in [7, 11) is 3.18. The predicted octanol–water partition coefficient (Wildman–Crippen LogP) is 2.95. The molecule has 1 N–H and O–H groups in total. The molecule has 0 bridgehead atoms. The molecule has 1 amide bonds. The molecule has 1 aliphatic rings.